The zero-order chi connectivity index (χ0) is 15.1. The molecule has 4 rings (SSSR count). The van der Waals surface area contributed by atoms with Crippen LogP contribution in [0, 0.1) is 11.3 Å². The van der Waals surface area contributed by atoms with Crippen LogP contribution in [0.1, 0.15) is 36.4 Å². The molecule has 1 aliphatic carbocycles. The average molecular weight is 290 g/mol. The number of nitrogens with one attached hydrogen (secondary N) is 1. The molecular weight excluding hydrogens is 276 g/mol. The number of nitriles is 1. The molecule has 0 bridgehead atoms. The lowest BCUT2D eigenvalue weighted by Crippen LogP contribution is -2.31. The Morgan fingerprint density at radius 1 is 1.27 bits per heavy atom. The number of ketones is 1. The van der Waals surface area contributed by atoms with E-state index in [9.17, 15) is 10.1 Å². The summed E-state index contributed by atoms with van der Waals surface area (Å²) in [5.74, 6) is 0.854. The summed E-state index contributed by atoms with van der Waals surface area (Å²) in [6.07, 6.45) is 3.81. The Bertz CT molecular complexity index is 826. The number of anilines is 1. The maximum Gasteiger partial charge on any atom is 0.163 e. The predicted molar refractivity (Wildman–Crippen MR) is 81.0 cm³/mol. The van der Waals surface area contributed by atoms with Crippen LogP contribution in [0.5, 0.6) is 0 Å². The molecule has 2 aliphatic rings. The minimum Gasteiger partial charge on any atom is -0.342 e. The molecule has 1 aliphatic heterocycles. The highest BCUT2D eigenvalue weighted by Gasteiger charge is 2.36. The number of hydrogen-bond donors (Lipinski definition) is 1. The lowest BCUT2D eigenvalue weighted by Gasteiger charge is -2.33. The van der Waals surface area contributed by atoms with Gasteiger partial charge >= 0.3 is 0 Å². The van der Waals surface area contributed by atoms with Crippen LogP contribution in [0.3, 0.4) is 0 Å². The van der Waals surface area contributed by atoms with Crippen molar-refractivity contribution in [2.75, 3.05) is 5.32 Å². The highest BCUT2D eigenvalue weighted by molar-refractivity contribution is 5.99. The Hall–Kier alpha value is -2.87. The number of allylic oxidation sites excluding steroid dienone is 2. The molecule has 0 spiro atoms. The fourth-order valence-corrected chi connectivity index (χ4v) is 3.28. The lowest BCUT2D eigenvalue weighted by atomic mass is 9.85. The number of Topliss-reactive ketones (excluding diaryl/α,β-unsaturated/α-hetero) is 1. The van der Waals surface area contributed by atoms with E-state index in [1.54, 1.807) is 10.9 Å². The third-order valence-corrected chi connectivity index (χ3v) is 4.27. The maximum absolute atomic E-state index is 12.5. The third-order valence-electron chi connectivity index (χ3n) is 4.27. The van der Waals surface area contributed by atoms with Crippen LogP contribution in [0.4, 0.5) is 5.82 Å². The quantitative estimate of drug-likeness (QED) is 0.876. The molecule has 1 aromatic carbocycles. The molecule has 0 radical (unpaired) electrons. The van der Waals surface area contributed by atoms with Gasteiger partial charge in [-0.2, -0.15) is 10.4 Å². The van der Waals surface area contributed by atoms with Crippen LogP contribution in [0.15, 0.2) is 47.8 Å². The van der Waals surface area contributed by atoms with Crippen molar-refractivity contribution in [3.63, 3.8) is 0 Å². The van der Waals surface area contributed by atoms with Crippen molar-refractivity contribution in [2.24, 2.45) is 0 Å². The zero-order valence-corrected chi connectivity index (χ0v) is 11.9. The van der Waals surface area contributed by atoms with Gasteiger partial charge in [-0.15, -0.1) is 0 Å². The summed E-state index contributed by atoms with van der Waals surface area (Å²) in [6.45, 7) is 0. The van der Waals surface area contributed by atoms with E-state index in [-0.39, 0.29) is 11.8 Å². The topological polar surface area (TPSA) is 70.7 Å². The van der Waals surface area contributed by atoms with Crippen LogP contribution in [-0.4, -0.2) is 15.6 Å². The average Bonchev–Trinajstić information content (AvgIpc) is 2.96. The first kappa shape index (κ1) is 12.8. The Balaban J connectivity index is 1.96. The van der Waals surface area contributed by atoms with Gasteiger partial charge in [-0.1, -0.05) is 30.3 Å². The van der Waals surface area contributed by atoms with E-state index in [4.69, 9.17) is 0 Å². The Morgan fingerprint density at radius 2 is 2.09 bits per heavy atom. The summed E-state index contributed by atoms with van der Waals surface area (Å²) in [5.41, 5.74) is 3.25. The van der Waals surface area contributed by atoms with Crippen molar-refractivity contribution in [1.29, 1.82) is 5.26 Å². The number of rotatable bonds is 1. The number of nitrogens with zero attached hydrogens (tertiary/aromatic N) is 3. The van der Waals surface area contributed by atoms with Gasteiger partial charge in [0.05, 0.1) is 6.20 Å². The van der Waals surface area contributed by atoms with E-state index in [1.165, 1.54) is 0 Å². The normalized spacial score (nSPS) is 20.0. The second-order valence-electron chi connectivity index (χ2n) is 5.57. The van der Waals surface area contributed by atoms with Crippen LogP contribution >= 0.6 is 0 Å². The van der Waals surface area contributed by atoms with Crippen molar-refractivity contribution in [3.8, 4) is 6.07 Å². The number of carbonyl (C=O) groups is 1. The van der Waals surface area contributed by atoms with E-state index in [0.717, 1.165) is 29.7 Å². The van der Waals surface area contributed by atoms with E-state index in [1.807, 2.05) is 30.3 Å². The molecule has 22 heavy (non-hydrogen) atoms. The number of carbonyl (C=O) groups excluding carboxylic acids is 1. The molecule has 5 heteroatoms. The standard InChI is InChI=1S/C17H14N4O/c18-9-12-10-19-21-16(11-5-2-1-3-6-11)15-13(20-17(12)21)7-4-8-14(15)22/h1-3,5-6,10,16,20H,4,7-8H2. The monoisotopic (exact) mass is 290 g/mol. The molecule has 0 amide bonds. The van der Waals surface area contributed by atoms with E-state index in [2.05, 4.69) is 16.5 Å². The van der Waals surface area contributed by atoms with Gasteiger partial charge in [0.2, 0.25) is 0 Å². The smallest absolute Gasteiger partial charge is 0.163 e. The first-order chi connectivity index (χ1) is 10.8. The number of aromatic nitrogens is 2. The van der Waals surface area contributed by atoms with Gasteiger partial charge in [0.1, 0.15) is 23.5 Å². The first-order valence-corrected chi connectivity index (χ1v) is 7.35. The SMILES string of the molecule is N#Cc1cnn2c1NC1=C(C(=O)CCC1)C2c1ccccc1. The molecule has 0 fully saturated rings. The van der Waals surface area contributed by atoms with Gasteiger partial charge in [0.25, 0.3) is 0 Å². The largest absolute Gasteiger partial charge is 0.342 e. The minimum absolute atomic E-state index is 0.169. The van der Waals surface area contributed by atoms with E-state index in [0.29, 0.717) is 17.8 Å². The van der Waals surface area contributed by atoms with Crippen molar-refractivity contribution < 1.29 is 4.79 Å². The van der Waals surface area contributed by atoms with E-state index >= 15 is 0 Å². The second-order valence-corrected chi connectivity index (χ2v) is 5.57. The number of hydrogen-bond acceptors (Lipinski definition) is 4. The summed E-state index contributed by atoms with van der Waals surface area (Å²) < 4.78 is 1.76. The summed E-state index contributed by atoms with van der Waals surface area (Å²) in [7, 11) is 0. The predicted octanol–water partition coefficient (Wildman–Crippen LogP) is 2.78. The van der Waals surface area contributed by atoms with Gasteiger partial charge in [-0.3, -0.25) is 4.79 Å². The molecular formula is C17H14N4O. The molecule has 1 atom stereocenters. The molecule has 1 N–H and O–H groups in total. The maximum atomic E-state index is 12.5. The molecule has 2 aromatic rings. The highest BCUT2D eigenvalue weighted by atomic mass is 16.1. The lowest BCUT2D eigenvalue weighted by molar-refractivity contribution is -0.116. The van der Waals surface area contributed by atoms with Crippen LogP contribution in [0.25, 0.3) is 0 Å². The van der Waals surface area contributed by atoms with Crippen molar-refractivity contribution in [1.82, 2.24) is 9.78 Å². The number of benzene rings is 1. The summed E-state index contributed by atoms with van der Waals surface area (Å²) in [5, 5.41) is 16.9. The Labute approximate surface area is 127 Å². The van der Waals surface area contributed by atoms with Gasteiger partial charge < -0.3 is 5.32 Å². The molecule has 1 aromatic heterocycles. The Morgan fingerprint density at radius 3 is 2.86 bits per heavy atom. The summed E-state index contributed by atoms with van der Waals surface area (Å²) >= 11 is 0. The molecule has 1 unspecified atom stereocenters. The fraction of sp³-hybridized carbons (Fsp3) is 0.235. The van der Waals surface area contributed by atoms with E-state index < -0.39 is 0 Å². The summed E-state index contributed by atoms with van der Waals surface area (Å²) in [4.78, 5) is 12.5. The molecule has 2 heterocycles. The molecule has 0 saturated carbocycles. The van der Waals surface area contributed by atoms with Crippen molar-refractivity contribution in [2.45, 2.75) is 25.3 Å². The molecule has 5 nitrogen and oxygen atoms in total. The molecule has 108 valence electrons. The second kappa shape index (κ2) is 4.85. The zero-order valence-electron chi connectivity index (χ0n) is 11.9. The van der Waals surface area contributed by atoms with Gasteiger partial charge in [-0.05, 0) is 18.4 Å². The van der Waals surface area contributed by atoms with Gasteiger partial charge in [0.15, 0.2) is 5.78 Å². The van der Waals surface area contributed by atoms with Crippen LogP contribution < -0.4 is 5.32 Å². The van der Waals surface area contributed by atoms with Crippen LogP contribution in [-0.2, 0) is 4.79 Å². The highest BCUT2D eigenvalue weighted by Crippen LogP contribution is 2.41. The van der Waals surface area contributed by atoms with Crippen LogP contribution in [0.2, 0.25) is 0 Å². The van der Waals surface area contributed by atoms with Crippen molar-refractivity contribution >= 4 is 11.6 Å². The Kier molecular flexibility index (Phi) is 2.83. The van der Waals surface area contributed by atoms with Gasteiger partial charge in [-0.25, -0.2) is 4.68 Å². The fourth-order valence-electron chi connectivity index (χ4n) is 3.28. The minimum atomic E-state index is -0.248. The van der Waals surface area contributed by atoms with Crippen molar-refractivity contribution in [3.05, 3.63) is 58.9 Å². The first-order valence-electron chi connectivity index (χ1n) is 7.35. The summed E-state index contributed by atoms with van der Waals surface area (Å²) in [6, 6.07) is 11.8. The third kappa shape index (κ3) is 1.77. The molecule has 0 saturated heterocycles. The number of fused-ring (bicyclic) bond motifs is 1. The van der Waals surface area contributed by atoms with Gasteiger partial charge in [0, 0.05) is 17.7 Å².